The summed E-state index contributed by atoms with van der Waals surface area (Å²) in [4.78, 5) is 14.8. The van der Waals surface area contributed by atoms with E-state index in [1.54, 1.807) is 30.3 Å². The summed E-state index contributed by atoms with van der Waals surface area (Å²) in [5.41, 5.74) is 3.04. The molecule has 174 valence electrons. The van der Waals surface area contributed by atoms with Gasteiger partial charge in [0.2, 0.25) is 15.9 Å². The Morgan fingerprint density at radius 1 is 1.00 bits per heavy atom. The summed E-state index contributed by atoms with van der Waals surface area (Å²) in [6, 6.07) is 15.1. The predicted octanol–water partition coefficient (Wildman–Crippen LogP) is 3.89. The second-order valence-electron chi connectivity index (χ2n) is 7.99. The van der Waals surface area contributed by atoms with Gasteiger partial charge in [-0.2, -0.15) is 4.31 Å². The molecule has 2 rings (SSSR count). The van der Waals surface area contributed by atoms with Crippen LogP contribution in [0.2, 0.25) is 0 Å². The lowest BCUT2D eigenvalue weighted by Gasteiger charge is -2.22. The van der Waals surface area contributed by atoms with Crippen molar-refractivity contribution in [1.29, 1.82) is 0 Å². The SMILES string of the molecule is CCN(CC)S(=O)(=O)c1ccc(C=CC(=O)NCc2ccccc2CN(C)C(C)C)cc1. The fraction of sp³-hybridized carbons (Fsp3) is 0.400. The Morgan fingerprint density at radius 3 is 2.16 bits per heavy atom. The second kappa shape index (κ2) is 11.9. The van der Waals surface area contributed by atoms with Crippen LogP contribution in [0.4, 0.5) is 0 Å². The van der Waals surface area contributed by atoms with Crippen LogP contribution >= 0.6 is 0 Å². The summed E-state index contributed by atoms with van der Waals surface area (Å²) in [6.45, 7) is 10.1. The summed E-state index contributed by atoms with van der Waals surface area (Å²) in [7, 11) is -1.40. The predicted molar refractivity (Wildman–Crippen MR) is 130 cm³/mol. The van der Waals surface area contributed by atoms with E-state index in [-0.39, 0.29) is 10.8 Å². The van der Waals surface area contributed by atoms with Gasteiger partial charge in [0, 0.05) is 38.3 Å². The van der Waals surface area contributed by atoms with Crippen molar-refractivity contribution in [2.45, 2.75) is 51.7 Å². The molecule has 0 atom stereocenters. The molecule has 0 aromatic heterocycles. The molecular weight excluding hydrogens is 422 g/mol. The number of hydrogen-bond acceptors (Lipinski definition) is 4. The van der Waals surface area contributed by atoms with Gasteiger partial charge in [-0.05, 0) is 55.8 Å². The number of nitrogens with zero attached hydrogens (tertiary/aromatic N) is 2. The highest BCUT2D eigenvalue weighted by Gasteiger charge is 2.20. The zero-order valence-electron chi connectivity index (χ0n) is 19.7. The Morgan fingerprint density at radius 2 is 1.59 bits per heavy atom. The van der Waals surface area contributed by atoms with Gasteiger partial charge in [0.15, 0.2) is 0 Å². The number of hydrogen-bond donors (Lipinski definition) is 1. The van der Waals surface area contributed by atoms with Crippen LogP contribution in [0, 0.1) is 0 Å². The van der Waals surface area contributed by atoms with Crippen LogP contribution in [0.25, 0.3) is 6.08 Å². The van der Waals surface area contributed by atoms with E-state index in [9.17, 15) is 13.2 Å². The zero-order chi connectivity index (χ0) is 23.7. The minimum absolute atomic E-state index is 0.197. The first-order valence-corrected chi connectivity index (χ1v) is 12.5. The number of nitrogens with one attached hydrogen (secondary N) is 1. The number of sulfonamides is 1. The summed E-state index contributed by atoms with van der Waals surface area (Å²) < 4.78 is 26.5. The molecule has 0 saturated carbocycles. The van der Waals surface area contributed by atoms with Gasteiger partial charge in [0.05, 0.1) is 4.90 Å². The molecule has 0 radical (unpaired) electrons. The van der Waals surface area contributed by atoms with Crippen LogP contribution in [-0.2, 0) is 27.9 Å². The third kappa shape index (κ3) is 7.02. The summed E-state index contributed by atoms with van der Waals surface area (Å²) in [5.74, 6) is -0.197. The van der Waals surface area contributed by atoms with Crippen LogP contribution in [0.1, 0.15) is 44.4 Å². The van der Waals surface area contributed by atoms with Gasteiger partial charge in [-0.3, -0.25) is 9.69 Å². The number of carbonyl (C=O) groups is 1. The molecule has 0 bridgehead atoms. The van der Waals surface area contributed by atoms with E-state index < -0.39 is 10.0 Å². The normalized spacial score (nSPS) is 12.2. The van der Waals surface area contributed by atoms with Gasteiger partial charge in [0.1, 0.15) is 0 Å². The van der Waals surface area contributed by atoms with E-state index in [4.69, 9.17) is 0 Å². The third-order valence-electron chi connectivity index (χ3n) is 5.52. The maximum absolute atomic E-state index is 12.6. The molecule has 0 fully saturated rings. The van der Waals surface area contributed by atoms with Crippen molar-refractivity contribution in [2.24, 2.45) is 0 Å². The van der Waals surface area contributed by atoms with Gasteiger partial charge < -0.3 is 5.32 Å². The monoisotopic (exact) mass is 457 g/mol. The second-order valence-corrected chi connectivity index (χ2v) is 9.93. The Hall–Kier alpha value is -2.48. The largest absolute Gasteiger partial charge is 0.348 e. The molecule has 0 saturated heterocycles. The van der Waals surface area contributed by atoms with Crippen LogP contribution in [0.5, 0.6) is 0 Å². The lowest BCUT2D eigenvalue weighted by molar-refractivity contribution is -0.116. The van der Waals surface area contributed by atoms with Crippen molar-refractivity contribution in [2.75, 3.05) is 20.1 Å². The highest BCUT2D eigenvalue weighted by molar-refractivity contribution is 7.89. The van der Waals surface area contributed by atoms with Gasteiger partial charge in [0.25, 0.3) is 0 Å². The topological polar surface area (TPSA) is 69.7 Å². The number of carbonyl (C=O) groups excluding carboxylic acids is 1. The highest BCUT2D eigenvalue weighted by atomic mass is 32.2. The van der Waals surface area contributed by atoms with Gasteiger partial charge in [-0.1, -0.05) is 50.2 Å². The minimum Gasteiger partial charge on any atom is -0.348 e. The number of rotatable bonds is 11. The van der Waals surface area contributed by atoms with Gasteiger partial charge >= 0.3 is 0 Å². The molecule has 6 nitrogen and oxygen atoms in total. The standard InChI is InChI=1S/C25H35N3O3S/c1-6-28(7-2)32(30,31)24-15-12-21(13-16-24)14-17-25(29)26-18-22-10-8-9-11-23(22)19-27(5)20(3)4/h8-17,20H,6-7,18-19H2,1-5H3,(H,26,29). The van der Waals surface area contributed by atoms with Crippen LogP contribution in [0.3, 0.4) is 0 Å². The van der Waals surface area contributed by atoms with Crippen molar-refractivity contribution in [1.82, 2.24) is 14.5 Å². The maximum atomic E-state index is 12.6. The zero-order valence-corrected chi connectivity index (χ0v) is 20.5. The van der Waals surface area contributed by atoms with Crippen LogP contribution < -0.4 is 5.32 Å². The molecule has 0 aliphatic carbocycles. The van der Waals surface area contributed by atoms with Crippen molar-refractivity contribution < 1.29 is 13.2 Å². The first-order chi connectivity index (χ1) is 15.2. The first-order valence-electron chi connectivity index (χ1n) is 11.0. The van der Waals surface area contributed by atoms with E-state index in [1.165, 1.54) is 15.9 Å². The lowest BCUT2D eigenvalue weighted by atomic mass is 10.1. The molecule has 0 spiro atoms. The van der Waals surface area contributed by atoms with Crippen molar-refractivity contribution in [3.63, 3.8) is 0 Å². The Balaban J connectivity index is 1.99. The molecule has 1 amide bonds. The average Bonchev–Trinajstić information content (AvgIpc) is 2.78. The van der Waals surface area contributed by atoms with E-state index >= 15 is 0 Å². The van der Waals surface area contributed by atoms with E-state index in [0.29, 0.717) is 25.7 Å². The number of benzene rings is 2. The van der Waals surface area contributed by atoms with Crippen LogP contribution in [0.15, 0.2) is 59.5 Å². The molecule has 1 N–H and O–H groups in total. The Bertz CT molecular complexity index is 1010. The summed E-state index contributed by atoms with van der Waals surface area (Å²) >= 11 is 0. The fourth-order valence-corrected chi connectivity index (χ4v) is 4.67. The van der Waals surface area contributed by atoms with Crippen LogP contribution in [-0.4, -0.2) is 49.7 Å². The molecule has 2 aromatic rings. The first kappa shape index (κ1) is 25.8. The number of amides is 1. The van der Waals surface area contributed by atoms with Gasteiger partial charge in [-0.15, -0.1) is 0 Å². The molecule has 32 heavy (non-hydrogen) atoms. The lowest BCUT2D eigenvalue weighted by Crippen LogP contribution is -2.30. The Kier molecular flexibility index (Phi) is 9.62. The third-order valence-corrected chi connectivity index (χ3v) is 7.59. The smallest absolute Gasteiger partial charge is 0.244 e. The van der Waals surface area contributed by atoms with E-state index in [0.717, 1.165) is 17.7 Å². The molecule has 2 aromatic carbocycles. The molecule has 0 aliphatic heterocycles. The summed E-state index contributed by atoms with van der Waals surface area (Å²) in [5, 5.41) is 2.93. The minimum atomic E-state index is -3.48. The average molecular weight is 458 g/mol. The Labute approximate surface area is 193 Å². The fourth-order valence-electron chi connectivity index (χ4n) is 3.21. The maximum Gasteiger partial charge on any atom is 0.244 e. The molecule has 0 unspecified atom stereocenters. The molecule has 0 heterocycles. The molecule has 7 heteroatoms. The van der Waals surface area contributed by atoms with Crippen molar-refractivity contribution in [3.05, 3.63) is 71.3 Å². The molecule has 0 aliphatic rings. The quantitative estimate of drug-likeness (QED) is 0.520. The summed E-state index contributed by atoms with van der Waals surface area (Å²) in [6.07, 6.45) is 3.15. The highest BCUT2D eigenvalue weighted by Crippen LogP contribution is 2.17. The molecular formula is C25H35N3O3S. The van der Waals surface area contributed by atoms with Crippen molar-refractivity contribution >= 4 is 22.0 Å². The van der Waals surface area contributed by atoms with E-state index in [1.807, 2.05) is 32.0 Å². The van der Waals surface area contributed by atoms with Crippen molar-refractivity contribution in [3.8, 4) is 0 Å². The van der Waals surface area contributed by atoms with E-state index in [2.05, 4.69) is 37.2 Å². The van der Waals surface area contributed by atoms with Gasteiger partial charge in [-0.25, -0.2) is 8.42 Å².